The molecule has 84 valence electrons. The lowest BCUT2D eigenvalue weighted by molar-refractivity contribution is 0.239. The standard InChI is InChI=1S/C13H21NO/c1-3-13(14-11(2)10-15)9-12-7-5-4-6-8-12/h4-8,11,13-15H,3,9-10H2,1-2H3/t11-,13+/m0/s1. The molecule has 2 nitrogen and oxygen atoms in total. The van der Waals surface area contributed by atoms with Crippen molar-refractivity contribution in [1.29, 1.82) is 0 Å². The number of hydrogen-bond donors (Lipinski definition) is 2. The topological polar surface area (TPSA) is 32.3 Å². The van der Waals surface area contributed by atoms with E-state index < -0.39 is 0 Å². The van der Waals surface area contributed by atoms with Gasteiger partial charge in [0.25, 0.3) is 0 Å². The molecule has 0 aromatic heterocycles. The van der Waals surface area contributed by atoms with E-state index in [2.05, 4.69) is 36.5 Å². The molecular weight excluding hydrogens is 186 g/mol. The third-order valence-corrected chi connectivity index (χ3v) is 2.61. The van der Waals surface area contributed by atoms with Gasteiger partial charge in [-0.05, 0) is 25.3 Å². The maximum absolute atomic E-state index is 8.98. The number of hydrogen-bond acceptors (Lipinski definition) is 2. The van der Waals surface area contributed by atoms with Crippen molar-refractivity contribution in [2.75, 3.05) is 6.61 Å². The third-order valence-electron chi connectivity index (χ3n) is 2.61. The average molecular weight is 207 g/mol. The van der Waals surface area contributed by atoms with E-state index in [-0.39, 0.29) is 12.6 Å². The third kappa shape index (κ3) is 4.45. The Hall–Kier alpha value is -0.860. The molecule has 0 heterocycles. The maximum Gasteiger partial charge on any atom is 0.0582 e. The van der Waals surface area contributed by atoms with Crippen molar-refractivity contribution in [2.45, 2.75) is 38.8 Å². The predicted molar refractivity (Wildman–Crippen MR) is 63.9 cm³/mol. The molecule has 0 saturated carbocycles. The van der Waals surface area contributed by atoms with Gasteiger partial charge in [0.15, 0.2) is 0 Å². The van der Waals surface area contributed by atoms with Gasteiger partial charge in [0.2, 0.25) is 0 Å². The maximum atomic E-state index is 8.98. The van der Waals surface area contributed by atoms with Crippen LogP contribution >= 0.6 is 0 Å². The van der Waals surface area contributed by atoms with E-state index in [0.29, 0.717) is 6.04 Å². The van der Waals surface area contributed by atoms with E-state index in [1.165, 1.54) is 5.56 Å². The van der Waals surface area contributed by atoms with Gasteiger partial charge in [0.05, 0.1) is 6.61 Å². The molecule has 0 amide bonds. The Bertz CT molecular complexity index is 260. The quantitative estimate of drug-likeness (QED) is 0.747. The van der Waals surface area contributed by atoms with Gasteiger partial charge in [0, 0.05) is 12.1 Å². The average Bonchev–Trinajstić information content (AvgIpc) is 2.29. The largest absolute Gasteiger partial charge is 0.395 e. The van der Waals surface area contributed by atoms with Crippen LogP contribution < -0.4 is 5.32 Å². The second kappa shape index (κ2) is 6.59. The van der Waals surface area contributed by atoms with E-state index in [9.17, 15) is 0 Å². The molecule has 15 heavy (non-hydrogen) atoms. The van der Waals surface area contributed by atoms with Crippen molar-refractivity contribution in [3.8, 4) is 0 Å². The van der Waals surface area contributed by atoms with Gasteiger partial charge in [-0.15, -0.1) is 0 Å². The fraction of sp³-hybridized carbons (Fsp3) is 0.538. The molecule has 1 rings (SSSR count). The molecule has 1 aromatic rings. The summed E-state index contributed by atoms with van der Waals surface area (Å²) in [5, 5.41) is 12.4. The molecule has 0 aliphatic heterocycles. The lowest BCUT2D eigenvalue weighted by Gasteiger charge is -2.21. The Morgan fingerprint density at radius 2 is 1.93 bits per heavy atom. The van der Waals surface area contributed by atoms with Crippen LogP contribution in [0.1, 0.15) is 25.8 Å². The van der Waals surface area contributed by atoms with Gasteiger partial charge in [-0.3, -0.25) is 0 Å². The molecule has 0 bridgehead atoms. The minimum Gasteiger partial charge on any atom is -0.395 e. The smallest absolute Gasteiger partial charge is 0.0582 e. The Labute approximate surface area is 92.3 Å². The monoisotopic (exact) mass is 207 g/mol. The van der Waals surface area contributed by atoms with Gasteiger partial charge < -0.3 is 10.4 Å². The first-order valence-corrected chi connectivity index (χ1v) is 5.67. The van der Waals surface area contributed by atoms with Crippen LogP contribution in [0.5, 0.6) is 0 Å². The fourth-order valence-corrected chi connectivity index (χ4v) is 1.67. The minimum absolute atomic E-state index is 0.179. The normalized spacial score (nSPS) is 14.9. The van der Waals surface area contributed by atoms with Crippen LogP contribution in [0.25, 0.3) is 0 Å². The summed E-state index contributed by atoms with van der Waals surface area (Å²) in [7, 11) is 0. The summed E-state index contributed by atoms with van der Waals surface area (Å²) in [5.74, 6) is 0. The van der Waals surface area contributed by atoms with Gasteiger partial charge in [-0.2, -0.15) is 0 Å². The van der Waals surface area contributed by atoms with Crippen LogP contribution in [-0.4, -0.2) is 23.8 Å². The summed E-state index contributed by atoms with van der Waals surface area (Å²) in [4.78, 5) is 0. The van der Waals surface area contributed by atoms with E-state index >= 15 is 0 Å². The van der Waals surface area contributed by atoms with Crippen molar-refractivity contribution < 1.29 is 5.11 Å². The lowest BCUT2D eigenvalue weighted by Crippen LogP contribution is -2.39. The number of aliphatic hydroxyl groups excluding tert-OH is 1. The Balaban J connectivity index is 2.47. The lowest BCUT2D eigenvalue weighted by atomic mass is 10.0. The van der Waals surface area contributed by atoms with Crippen LogP contribution in [0.3, 0.4) is 0 Å². The Morgan fingerprint density at radius 1 is 1.27 bits per heavy atom. The van der Waals surface area contributed by atoms with E-state index in [1.807, 2.05) is 13.0 Å². The molecule has 2 heteroatoms. The highest BCUT2D eigenvalue weighted by Gasteiger charge is 2.09. The van der Waals surface area contributed by atoms with Gasteiger partial charge in [-0.25, -0.2) is 0 Å². The molecule has 0 aliphatic carbocycles. The molecular formula is C13H21NO. The number of rotatable bonds is 6. The van der Waals surface area contributed by atoms with Crippen molar-refractivity contribution >= 4 is 0 Å². The summed E-state index contributed by atoms with van der Waals surface area (Å²) < 4.78 is 0. The van der Waals surface area contributed by atoms with Crippen molar-refractivity contribution in [1.82, 2.24) is 5.32 Å². The Kier molecular flexibility index (Phi) is 5.37. The number of nitrogens with one attached hydrogen (secondary N) is 1. The molecule has 0 fully saturated rings. The molecule has 0 saturated heterocycles. The van der Waals surface area contributed by atoms with Crippen molar-refractivity contribution in [3.63, 3.8) is 0 Å². The second-order valence-corrected chi connectivity index (χ2v) is 4.05. The van der Waals surface area contributed by atoms with Crippen molar-refractivity contribution in [3.05, 3.63) is 35.9 Å². The summed E-state index contributed by atoms with van der Waals surface area (Å²) in [5.41, 5.74) is 1.35. The summed E-state index contributed by atoms with van der Waals surface area (Å²) in [6, 6.07) is 11.1. The first kappa shape index (κ1) is 12.2. The Morgan fingerprint density at radius 3 is 2.47 bits per heavy atom. The molecule has 2 atom stereocenters. The first-order valence-electron chi connectivity index (χ1n) is 5.67. The second-order valence-electron chi connectivity index (χ2n) is 4.05. The van der Waals surface area contributed by atoms with Gasteiger partial charge in [-0.1, -0.05) is 37.3 Å². The molecule has 0 aliphatic rings. The highest BCUT2D eigenvalue weighted by molar-refractivity contribution is 5.15. The number of benzene rings is 1. The van der Waals surface area contributed by atoms with Crippen LogP contribution in [0.4, 0.5) is 0 Å². The minimum atomic E-state index is 0.179. The van der Waals surface area contributed by atoms with Crippen LogP contribution in [0.15, 0.2) is 30.3 Å². The molecule has 2 N–H and O–H groups in total. The predicted octanol–water partition coefficient (Wildman–Crippen LogP) is 1.98. The van der Waals surface area contributed by atoms with E-state index in [4.69, 9.17) is 5.11 Å². The van der Waals surface area contributed by atoms with Gasteiger partial charge in [0.1, 0.15) is 0 Å². The zero-order valence-electron chi connectivity index (χ0n) is 9.61. The van der Waals surface area contributed by atoms with E-state index in [0.717, 1.165) is 12.8 Å². The van der Waals surface area contributed by atoms with E-state index in [1.54, 1.807) is 0 Å². The number of aliphatic hydroxyl groups is 1. The zero-order valence-corrected chi connectivity index (χ0v) is 9.61. The van der Waals surface area contributed by atoms with Crippen LogP contribution in [0.2, 0.25) is 0 Å². The van der Waals surface area contributed by atoms with Crippen LogP contribution in [0, 0.1) is 0 Å². The summed E-state index contributed by atoms with van der Waals surface area (Å²) in [6.45, 7) is 4.38. The molecule has 1 aromatic carbocycles. The van der Waals surface area contributed by atoms with Crippen LogP contribution in [-0.2, 0) is 6.42 Å². The molecule has 0 unspecified atom stereocenters. The van der Waals surface area contributed by atoms with Gasteiger partial charge >= 0.3 is 0 Å². The SMILES string of the molecule is CC[C@H](Cc1ccccc1)N[C@@H](C)CO. The molecule has 0 spiro atoms. The first-order chi connectivity index (χ1) is 7.26. The zero-order chi connectivity index (χ0) is 11.1. The highest BCUT2D eigenvalue weighted by Crippen LogP contribution is 2.06. The highest BCUT2D eigenvalue weighted by atomic mass is 16.3. The van der Waals surface area contributed by atoms with Crippen molar-refractivity contribution in [2.24, 2.45) is 0 Å². The summed E-state index contributed by atoms with van der Waals surface area (Å²) >= 11 is 0. The summed E-state index contributed by atoms with van der Waals surface area (Å²) in [6.07, 6.45) is 2.11. The molecule has 0 radical (unpaired) electrons. The fourth-order valence-electron chi connectivity index (χ4n) is 1.67.